The molecule has 0 aliphatic heterocycles. The van der Waals surface area contributed by atoms with Gasteiger partial charge in [-0.05, 0) is 34.5 Å². The van der Waals surface area contributed by atoms with Gasteiger partial charge in [-0.3, -0.25) is 0 Å². The second-order valence-electron chi connectivity index (χ2n) is 3.50. The maximum atomic E-state index is 6.09. The Morgan fingerprint density at radius 3 is 2.76 bits per heavy atom. The van der Waals surface area contributed by atoms with Gasteiger partial charge in [0.05, 0.1) is 5.02 Å². The summed E-state index contributed by atoms with van der Waals surface area (Å²) in [4.78, 5) is 0. The van der Waals surface area contributed by atoms with Crippen LogP contribution in [0.25, 0.3) is 0 Å². The standard InChI is InChI=1S/C12H11Cl2NOS/c13-10-3-9(5-15)12(11(14)4-10)16-6-8-1-2-17-7-8/h1-4,7H,5-6,15H2. The number of thiophene rings is 1. The zero-order valence-corrected chi connectivity index (χ0v) is 11.3. The van der Waals surface area contributed by atoms with E-state index in [9.17, 15) is 0 Å². The highest BCUT2D eigenvalue weighted by atomic mass is 35.5. The molecule has 2 rings (SSSR count). The van der Waals surface area contributed by atoms with Crippen LogP contribution in [0.1, 0.15) is 11.1 Å². The van der Waals surface area contributed by atoms with E-state index in [0.29, 0.717) is 28.9 Å². The molecule has 0 aliphatic carbocycles. The predicted octanol–water partition coefficient (Wildman–Crippen LogP) is 4.09. The van der Waals surface area contributed by atoms with Gasteiger partial charge >= 0.3 is 0 Å². The fourth-order valence-electron chi connectivity index (χ4n) is 1.46. The molecule has 1 heterocycles. The summed E-state index contributed by atoms with van der Waals surface area (Å²) in [6, 6.07) is 5.44. The second kappa shape index (κ2) is 5.74. The van der Waals surface area contributed by atoms with Gasteiger partial charge < -0.3 is 10.5 Å². The van der Waals surface area contributed by atoms with Gasteiger partial charge in [0.25, 0.3) is 0 Å². The molecule has 0 saturated carbocycles. The smallest absolute Gasteiger partial charge is 0.142 e. The predicted molar refractivity (Wildman–Crippen MR) is 73.0 cm³/mol. The Morgan fingerprint density at radius 2 is 2.12 bits per heavy atom. The maximum absolute atomic E-state index is 6.09. The van der Waals surface area contributed by atoms with Crippen LogP contribution in [-0.2, 0) is 13.2 Å². The number of nitrogens with two attached hydrogens (primary N) is 1. The molecule has 1 aromatic heterocycles. The number of hydrogen-bond donors (Lipinski definition) is 1. The van der Waals surface area contributed by atoms with Crippen LogP contribution in [-0.4, -0.2) is 0 Å². The summed E-state index contributed by atoms with van der Waals surface area (Å²) < 4.78 is 5.69. The summed E-state index contributed by atoms with van der Waals surface area (Å²) in [5.41, 5.74) is 7.57. The summed E-state index contributed by atoms with van der Waals surface area (Å²) in [5.74, 6) is 0.616. The normalized spacial score (nSPS) is 10.5. The van der Waals surface area contributed by atoms with Crippen molar-refractivity contribution in [3.05, 3.63) is 50.1 Å². The lowest BCUT2D eigenvalue weighted by Gasteiger charge is -2.12. The second-order valence-corrected chi connectivity index (χ2v) is 5.12. The summed E-state index contributed by atoms with van der Waals surface area (Å²) in [6.07, 6.45) is 0. The monoisotopic (exact) mass is 287 g/mol. The quantitative estimate of drug-likeness (QED) is 0.919. The fraction of sp³-hybridized carbons (Fsp3) is 0.167. The third-order valence-corrected chi connectivity index (χ3v) is 3.50. The number of halogens is 2. The van der Waals surface area contributed by atoms with E-state index in [0.717, 1.165) is 11.1 Å². The topological polar surface area (TPSA) is 35.2 Å². The van der Waals surface area contributed by atoms with E-state index in [1.807, 2.05) is 16.8 Å². The first-order valence-electron chi connectivity index (χ1n) is 5.02. The molecule has 2 aromatic rings. The third-order valence-electron chi connectivity index (χ3n) is 2.27. The van der Waals surface area contributed by atoms with Gasteiger partial charge in [-0.15, -0.1) is 0 Å². The Morgan fingerprint density at radius 1 is 1.29 bits per heavy atom. The molecular formula is C12H11Cl2NOS. The highest BCUT2D eigenvalue weighted by molar-refractivity contribution is 7.07. The molecule has 2 nitrogen and oxygen atoms in total. The van der Waals surface area contributed by atoms with Crippen LogP contribution in [0, 0.1) is 0 Å². The van der Waals surface area contributed by atoms with Gasteiger partial charge in [0.2, 0.25) is 0 Å². The van der Waals surface area contributed by atoms with E-state index in [2.05, 4.69) is 0 Å². The van der Waals surface area contributed by atoms with E-state index < -0.39 is 0 Å². The molecule has 0 radical (unpaired) electrons. The van der Waals surface area contributed by atoms with Crippen LogP contribution in [0.4, 0.5) is 0 Å². The Hall–Kier alpha value is -0.740. The van der Waals surface area contributed by atoms with Crippen molar-refractivity contribution < 1.29 is 4.74 Å². The largest absolute Gasteiger partial charge is 0.487 e. The Labute approximate surface area is 114 Å². The highest BCUT2D eigenvalue weighted by Gasteiger charge is 2.10. The fourth-order valence-corrected chi connectivity index (χ4v) is 2.70. The first-order chi connectivity index (χ1) is 8.20. The lowest BCUT2D eigenvalue weighted by atomic mass is 10.2. The van der Waals surface area contributed by atoms with Crippen molar-refractivity contribution in [1.29, 1.82) is 0 Å². The lowest BCUT2D eigenvalue weighted by molar-refractivity contribution is 0.304. The van der Waals surface area contributed by atoms with Crippen molar-refractivity contribution in [1.82, 2.24) is 0 Å². The van der Waals surface area contributed by atoms with Gasteiger partial charge in [-0.25, -0.2) is 0 Å². The highest BCUT2D eigenvalue weighted by Crippen LogP contribution is 2.32. The van der Waals surface area contributed by atoms with Crippen molar-refractivity contribution in [2.45, 2.75) is 13.2 Å². The van der Waals surface area contributed by atoms with Gasteiger partial charge in [-0.1, -0.05) is 23.2 Å². The molecule has 0 atom stereocenters. The Kier molecular flexibility index (Phi) is 4.29. The zero-order chi connectivity index (χ0) is 12.3. The molecule has 0 amide bonds. The molecule has 90 valence electrons. The molecule has 0 aliphatic rings. The van der Waals surface area contributed by atoms with E-state index in [1.165, 1.54) is 0 Å². The van der Waals surface area contributed by atoms with Gasteiger partial charge in [-0.2, -0.15) is 11.3 Å². The van der Waals surface area contributed by atoms with Crippen molar-refractivity contribution in [3.8, 4) is 5.75 Å². The minimum Gasteiger partial charge on any atom is -0.487 e. The van der Waals surface area contributed by atoms with Crippen LogP contribution in [0.15, 0.2) is 29.0 Å². The molecule has 1 aromatic carbocycles. The van der Waals surface area contributed by atoms with E-state index >= 15 is 0 Å². The first kappa shape index (κ1) is 12.7. The summed E-state index contributed by atoms with van der Waals surface area (Å²) in [6.45, 7) is 0.830. The van der Waals surface area contributed by atoms with Gasteiger partial charge in [0, 0.05) is 17.1 Å². The summed E-state index contributed by atoms with van der Waals surface area (Å²) in [5, 5.41) is 5.10. The molecule has 0 spiro atoms. The molecular weight excluding hydrogens is 277 g/mol. The van der Waals surface area contributed by atoms with E-state index in [-0.39, 0.29) is 0 Å². The number of hydrogen-bond acceptors (Lipinski definition) is 3. The van der Waals surface area contributed by atoms with Gasteiger partial charge in [0.1, 0.15) is 12.4 Å². The maximum Gasteiger partial charge on any atom is 0.142 e. The third kappa shape index (κ3) is 3.13. The number of ether oxygens (including phenoxy) is 1. The average molecular weight is 288 g/mol. The van der Waals surface area contributed by atoms with Crippen LogP contribution >= 0.6 is 34.5 Å². The molecule has 0 unspecified atom stereocenters. The first-order valence-corrected chi connectivity index (χ1v) is 6.72. The van der Waals surface area contributed by atoms with Crippen molar-refractivity contribution >= 4 is 34.5 Å². The van der Waals surface area contributed by atoms with Gasteiger partial charge in [0.15, 0.2) is 0 Å². The molecule has 5 heteroatoms. The van der Waals surface area contributed by atoms with Crippen molar-refractivity contribution in [2.75, 3.05) is 0 Å². The van der Waals surface area contributed by atoms with E-state index in [4.69, 9.17) is 33.7 Å². The van der Waals surface area contributed by atoms with Crippen LogP contribution in [0.5, 0.6) is 5.75 Å². The number of benzene rings is 1. The molecule has 0 saturated heterocycles. The summed E-state index contributed by atoms with van der Waals surface area (Å²) in [7, 11) is 0. The zero-order valence-electron chi connectivity index (χ0n) is 8.95. The lowest BCUT2D eigenvalue weighted by Crippen LogP contribution is -2.03. The summed E-state index contributed by atoms with van der Waals surface area (Å²) >= 11 is 13.6. The van der Waals surface area contributed by atoms with Crippen molar-refractivity contribution in [2.24, 2.45) is 5.73 Å². The van der Waals surface area contributed by atoms with Crippen LogP contribution < -0.4 is 10.5 Å². The molecule has 0 bridgehead atoms. The number of rotatable bonds is 4. The SMILES string of the molecule is NCc1cc(Cl)cc(Cl)c1OCc1ccsc1. The Balaban J connectivity index is 2.19. The average Bonchev–Trinajstić information content (AvgIpc) is 2.79. The van der Waals surface area contributed by atoms with Crippen LogP contribution in [0.2, 0.25) is 10.0 Å². The van der Waals surface area contributed by atoms with E-state index in [1.54, 1.807) is 23.5 Å². The van der Waals surface area contributed by atoms with Crippen LogP contribution in [0.3, 0.4) is 0 Å². The minimum absolute atomic E-state index is 0.346. The molecule has 17 heavy (non-hydrogen) atoms. The Bertz CT molecular complexity index is 499. The molecule has 0 fully saturated rings. The van der Waals surface area contributed by atoms with Crippen molar-refractivity contribution in [3.63, 3.8) is 0 Å². The molecule has 2 N–H and O–H groups in total. The minimum atomic E-state index is 0.346.